The third kappa shape index (κ3) is 3.08. The van der Waals surface area contributed by atoms with E-state index in [1.807, 2.05) is 0 Å². The molecule has 1 unspecified atom stereocenters. The summed E-state index contributed by atoms with van der Waals surface area (Å²) in [6, 6.07) is 0. The Kier molecular flexibility index (Phi) is 4.42. The lowest BCUT2D eigenvalue weighted by atomic mass is 9.86. The minimum Gasteiger partial charge on any atom is -0.396 e. The van der Waals surface area contributed by atoms with Crippen LogP contribution >= 0.6 is 0 Å². The number of aliphatic hydroxyl groups is 1. The van der Waals surface area contributed by atoms with Gasteiger partial charge in [0.2, 0.25) is 0 Å². The van der Waals surface area contributed by atoms with Crippen molar-refractivity contribution >= 4 is 0 Å². The van der Waals surface area contributed by atoms with E-state index in [0.717, 1.165) is 19.0 Å². The quantitative estimate of drug-likeness (QED) is 0.702. The van der Waals surface area contributed by atoms with Gasteiger partial charge in [-0.3, -0.25) is 0 Å². The highest BCUT2D eigenvalue weighted by Gasteiger charge is 2.32. The zero-order valence-corrected chi connectivity index (χ0v) is 10.3. The van der Waals surface area contributed by atoms with Gasteiger partial charge in [0.1, 0.15) is 0 Å². The first kappa shape index (κ1) is 12.1. The van der Waals surface area contributed by atoms with Crippen molar-refractivity contribution in [1.29, 1.82) is 0 Å². The first-order valence-corrected chi connectivity index (χ1v) is 6.81. The molecule has 1 fully saturated rings. The van der Waals surface area contributed by atoms with Crippen LogP contribution in [0.15, 0.2) is 12.2 Å². The zero-order valence-electron chi connectivity index (χ0n) is 10.3. The normalized spacial score (nSPS) is 28.4. The van der Waals surface area contributed by atoms with Crippen molar-refractivity contribution in [3.05, 3.63) is 12.2 Å². The molecule has 0 radical (unpaired) electrons. The van der Waals surface area contributed by atoms with Gasteiger partial charge in [-0.2, -0.15) is 0 Å². The van der Waals surface area contributed by atoms with E-state index in [2.05, 4.69) is 17.5 Å². The molecule has 2 N–H and O–H groups in total. The van der Waals surface area contributed by atoms with E-state index in [4.69, 9.17) is 0 Å². The van der Waals surface area contributed by atoms with E-state index < -0.39 is 0 Å². The molecular formula is C14H25NO. The van der Waals surface area contributed by atoms with Crippen LogP contribution in [0.1, 0.15) is 44.9 Å². The van der Waals surface area contributed by atoms with Crippen LogP contribution in [-0.2, 0) is 0 Å². The summed E-state index contributed by atoms with van der Waals surface area (Å²) in [5.41, 5.74) is 0.213. The van der Waals surface area contributed by atoms with Crippen molar-refractivity contribution in [3.63, 3.8) is 0 Å². The van der Waals surface area contributed by atoms with E-state index in [-0.39, 0.29) is 5.41 Å². The van der Waals surface area contributed by atoms with E-state index >= 15 is 0 Å². The van der Waals surface area contributed by atoms with Gasteiger partial charge in [-0.05, 0) is 44.6 Å². The third-order valence-electron chi connectivity index (χ3n) is 4.31. The second kappa shape index (κ2) is 5.83. The van der Waals surface area contributed by atoms with Gasteiger partial charge < -0.3 is 10.4 Å². The van der Waals surface area contributed by atoms with Crippen LogP contribution in [0.25, 0.3) is 0 Å². The van der Waals surface area contributed by atoms with Crippen molar-refractivity contribution in [2.45, 2.75) is 44.9 Å². The molecule has 2 aliphatic rings. The molecule has 0 heterocycles. The highest BCUT2D eigenvalue weighted by atomic mass is 16.3. The predicted octanol–water partition coefficient (Wildman–Crippen LogP) is 2.49. The SMILES string of the molecule is OCC1(CNCC2CC=CCC2)CCCC1. The molecule has 0 saturated heterocycles. The van der Waals surface area contributed by atoms with E-state index in [1.165, 1.54) is 44.9 Å². The zero-order chi connectivity index (χ0) is 11.3. The molecule has 2 heteroatoms. The fourth-order valence-electron chi connectivity index (χ4n) is 3.10. The summed E-state index contributed by atoms with van der Waals surface area (Å²) in [4.78, 5) is 0. The number of allylic oxidation sites excluding steroid dienone is 2. The molecule has 0 aromatic carbocycles. The fourth-order valence-corrected chi connectivity index (χ4v) is 3.10. The smallest absolute Gasteiger partial charge is 0.0499 e. The molecule has 1 saturated carbocycles. The maximum Gasteiger partial charge on any atom is 0.0499 e. The lowest BCUT2D eigenvalue weighted by molar-refractivity contribution is 0.127. The van der Waals surface area contributed by atoms with Gasteiger partial charge in [0.05, 0.1) is 0 Å². The molecule has 2 nitrogen and oxygen atoms in total. The highest BCUT2D eigenvalue weighted by Crippen LogP contribution is 2.36. The number of rotatable bonds is 5. The van der Waals surface area contributed by atoms with Crippen LogP contribution in [0.2, 0.25) is 0 Å². The Morgan fingerprint density at radius 3 is 2.69 bits per heavy atom. The summed E-state index contributed by atoms with van der Waals surface area (Å²) in [6.07, 6.45) is 13.4. The van der Waals surface area contributed by atoms with Gasteiger partial charge in [0.25, 0.3) is 0 Å². The van der Waals surface area contributed by atoms with Crippen molar-refractivity contribution in [3.8, 4) is 0 Å². The van der Waals surface area contributed by atoms with Crippen molar-refractivity contribution < 1.29 is 5.11 Å². The summed E-state index contributed by atoms with van der Waals surface area (Å²) >= 11 is 0. The first-order valence-electron chi connectivity index (χ1n) is 6.81. The summed E-state index contributed by atoms with van der Waals surface area (Å²) in [5.74, 6) is 0.821. The fraction of sp³-hybridized carbons (Fsp3) is 0.857. The highest BCUT2D eigenvalue weighted by molar-refractivity contribution is 4.91. The molecule has 0 aliphatic heterocycles. The molecule has 0 aromatic heterocycles. The number of nitrogens with one attached hydrogen (secondary N) is 1. The van der Waals surface area contributed by atoms with Crippen LogP contribution in [-0.4, -0.2) is 24.8 Å². The van der Waals surface area contributed by atoms with Crippen LogP contribution < -0.4 is 5.32 Å². The Labute approximate surface area is 99.1 Å². The average molecular weight is 223 g/mol. The molecule has 16 heavy (non-hydrogen) atoms. The Morgan fingerprint density at radius 2 is 2.06 bits per heavy atom. The predicted molar refractivity (Wildman–Crippen MR) is 67.3 cm³/mol. The molecule has 0 bridgehead atoms. The average Bonchev–Trinajstić information content (AvgIpc) is 2.80. The summed E-state index contributed by atoms with van der Waals surface area (Å²) in [5, 5.41) is 13.1. The van der Waals surface area contributed by atoms with Crippen molar-refractivity contribution in [2.24, 2.45) is 11.3 Å². The minimum atomic E-state index is 0.213. The molecule has 0 spiro atoms. The molecule has 2 rings (SSSR count). The lowest BCUT2D eigenvalue weighted by Crippen LogP contribution is -2.37. The lowest BCUT2D eigenvalue weighted by Gasteiger charge is -2.28. The van der Waals surface area contributed by atoms with E-state index in [1.54, 1.807) is 0 Å². The van der Waals surface area contributed by atoms with Gasteiger partial charge in [0.15, 0.2) is 0 Å². The maximum atomic E-state index is 9.50. The summed E-state index contributed by atoms with van der Waals surface area (Å²) < 4.78 is 0. The van der Waals surface area contributed by atoms with Gasteiger partial charge >= 0.3 is 0 Å². The molecule has 1 atom stereocenters. The molecule has 92 valence electrons. The third-order valence-corrected chi connectivity index (χ3v) is 4.31. The Morgan fingerprint density at radius 1 is 1.25 bits per heavy atom. The molecule has 0 aromatic rings. The monoisotopic (exact) mass is 223 g/mol. The van der Waals surface area contributed by atoms with Gasteiger partial charge in [-0.1, -0.05) is 25.0 Å². The standard InChI is InChI=1S/C14H25NO/c16-12-14(8-4-5-9-14)11-15-10-13-6-2-1-3-7-13/h1-2,13,15-16H,3-12H2. The minimum absolute atomic E-state index is 0.213. The second-order valence-corrected chi connectivity index (χ2v) is 5.65. The maximum absolute atomic E-state index is 9.50. The number of hydrogen-bond donors (Lipinski definition) is 2. The molecule has 0 amide bonds. The Bertz CT molecular complexity index is 231. The summed E-state index contributed by atoms with van der Waals surface area (Å²) in [6.45, 7) is 2.51. The van der Waals surface area contributed by atoms with Gasteiger partial charge in [-0.25, -0.2) is 0 Å². The van der Waals surface area contributed by atoms with Crippen LogP contribution in [0.4, 0.5) is 0 Å². The van der Waals surface area contributed by atoms with Crippen LogP contribution in [0.5, 0.6) is 0 Å². The van der Waals surface area contributed by atoms with E-state index in [0.29, 0.717) is 6.61 Å². The second-order valence-electron chi connectivity index (χ2n) is 5.65. The Balaban J connectivity index is 1.68. The van der Waals surface area contributed by atoms with Crippen LogP contribution in [0, 0.1) is 11.3 Å². The van der Waals surface area contributed by atoms with E-state index in [9.17, 15) is 5.11 Å². The number of aliphatic hydroxyl groups excluding tert-OH is 1. The van der Waals surface area contributed by atoms with Crippen molar-refractivity contribution in [1.82, 2.24) is 5.32 Å². The molecular weight excluding hydrogens is 198 g/mol. The van der Waals surface area contributed by atoms with Gasteiger partial charge in [0, 0.05) is 18.6 Å². The topological polar surface area (TPSA) is 32.3 Å². The molecule has 2 aliphatic carbocycles. The largest absolute Gasteiger partial charge is 0.396 e. The summed E-state index contributed by atoms with van der Waals surface area (Å²) in [7, 11) is 0. The van der Waals surface area contributed by atoms with Crippen molar-refractivity contribution in [2.75, 3.05) is 19.7 Å². The number of hydrogen-bond acceptors (Lipinski definition) is 2. The van der Waals surface area contributed by atoms with Gasteiger partial charge in [-0.15, -0.1) is 0 Å². The first-order chi connectivity index (χ1) is 7.85. The van der Waals surface area contributed by atoms with Crippen LogP contribution in [0.3, 0.4) is 0 Å². The Hall–Kier alpha value is -0.340.